The van der Waals surface area contributed by atoms with Crippen molar-refractivity contribution >= 4 is 11.9 Å². The molecule has 0 aromatic heterocycles. The minimum absolute atomic E-state index is 0.183. The molecular formula is C18H24O4. The molecule has 4 heteroatoms. The van der Waals surface area contributed by atoms with Crippen molar-refractivity contribution in [1.29, 1.82) is 0 Å². The molecule has 1 aliphatic rings. The third kappa shape index (κ3) is 3.67. The molecule has 0 amide bonds. The molecule has 0 saturated carbocycles. The molecule has 0 N–H and O–H groups in total. The van der Waals surface area contributed by atoms with Crippen LogP contribution in [0.2, 0.25) is 0 Å². The molecular weight excluding hydrogens is 280 g/mol. The fraction of sp³-hybridized carbons (Fsp3) is 0.556. The topological polar surface area (TPSA) is 52.6 Å². The highest BCUT2D eigenvalue weighted by Gasteiger charge is 2.36. The van der Waals surface area contributed by atoms with Gasteiger partial charge in [-0.25, -0.2) is 0 Å². The van der Waals surface area contributed by atoms with Gasteiger partial charge >= 0.3 is 11.9 Å². The Hall–Kier alpha value is -1.84. The van der Waals surface area contributed by atoms with Crippen LogP contribution < -0.4 is 4.74 Å². The highest BCUT2D eigenvalue weighted by molar-refractivity contribution is 5.80. The average molecular weight is 304 g/mol. The van der Waals surface area contributed by atoms with E-state index in [9.17, 15) is 9.59 Å². The largest absolute Gasteiger partial charge is 0.460 e. The van der Waals surface area contributed by atoms with Gasteiger partial charge in [0.05, 0.1) is 12.8 Å². The Labute approximate surface area is 131 Å². The Morgan fingerprint density at radius 3 is 2.55 bits per heavy atom. The van der Waals surface area contributed by atoms with Crippen LogP contribution in [0.4, 0.5) is 0 Å². The third-order valence-electron chi connectivity index (χ3n) is 3.57. The number of carbonyl (C=O) groups excluding carboxylic acids is 2. The number of benzene rings is 1. The van der Waals surface area contributed by atoms with E-state index in [0.29, 0.717) is 12.2 Å². The van der Waals surface area contributed by atoms with Gasteiger partial charge in [0.1, 0.15) is 11.4 Å². The molecule has 1 aromatic rings. The summed E-state index contributed by atoms with van der Waals surface area (Å²) in [6.07, 6.45) is 0.493. The summed E-state index contributed by atoms with van der Waals surface area (Å²) in [5.41, 5.74) is 1.91. The SMILES string of the molecule is Cc1cc(CC(=O)OC(C)(C)C)c2c(c1)OC(=O)CC2(C)C. The first-order valence-electron chi connectivity index (χ1n) is 7.54. The maximum Gasteiger partial charge on any atom is 0.312 e. The van der Waals surface area contributed by atoms with Crippen molar-refractivity contribution in [3.63, 3.8) is 0 Å². The quantitative estimate of drug-likeness (QED) is 0.620. The molecule has 1 aromatic carbocycles. The number of ether oxygens (including phenoxy) is 2. The molecule has 0 saturated heterocycles. The van der Waals surface area contributed by atoms with Gasteiger partial charge in [-0.3, -0.25) is 9.59 Å². The standard InChI is InChI=1S/C18H24O4/c1-11-7-12(9-14(19)22-17(2,3)4)16-13(8-11)21-15(20)10-18(16,5)6/h7-8H,9-10H2,1-6H3. The number of hydrogen-bond acceptors (Lipinski definition) is 4. The highest BCUT2D eigenvalue weighted by Crippen LogP contribution is 2.42. The van der Waals surface area contributed by atoms with E-state index >= 15 is 0 Å². The van der Waals surface area contributed by atoms with E-state index in [0.717, 1.165) is 16.7 Å². The van der Waals surface area contributed by atoms with Crippen LogP contribution in [0, 0.1) is 6.92 Å². The molecule has 1 aliphatic heterocycles. The van der Waals surface area contributed by atoms with E-state index in [4.69, 9.17) is 9.47 Å². The first-order valence-corrected chi connectivity index (χ1v) is 7.54. The molecule has 0 spiro atoms. The van der Waals surface area contributed by atoms with Crippen molar-refractivity contribution in [3.05, 3.63) is 28.8 Å². The van der Waals surface area contributed by atoms with Gasteiger partial charge in [-0.2, -0.15) is 0 Å². The Morgan fingerprint density at radius 2 is 1.95 bits per heavy atom. The molecule has 4 nitrogen and oxygen atoms in total. The average Bonchev–Trinajstić information content (AvgIpc) is 2.21. The van der Waals surface area contributed by atoms with Gasteiger partial charge in [-0.1, -0.05) is 19.9 Å². The fourth-order valence-electron chi connectivity index (χ4n) is 2.95. The summed E-state index contributed by atoms with van der Waals surface area (Å²) in [6, 6.07) is 3.83. The van der Waals surface area contributed by atoms with E-state index in [2.05, 4.69) is 0 Å². The lowest BCUT2D eigenvalue weighted by atomic mass is 9.76. The molecule has 120 valence electrons. The van der Waals surface area contributed by atoms with Gasteiger partial charge in [0.15, 0.2) is 0 Å². The summed E-state index contributed by atoms with van der Waals surface area (Å²) in [5.74, 6) is 0.0686. The Morgan fingerprint density at radius 1 is 1.32 bits per heavy atom. The van der Waals surface area contributed by atoms with E-state index < -0.39 is 5.60 Å². The lowest BCUT2D eigenvalue weighted by Crippen LogP contribution is -2.33. The minimum Gasteiger partial charge on any atom is -0.460 e. The maximum absolute atomic E-state index is 12.2. The molecule has 0 aliphatic carbocycles. The first-order chi connectivity index (χ1) is 9.98. The van der Waals surface area contributed by atoms with Crippen LogP contribution in [0.1, 0.15) is 57.7 Å². The summed E-state index contributed by atoms with van der Waals surface area (Å²) >= 11 is 0. The van der Waals surface area contributed by atoms with Gasteiger partial charge in [0, 0.05) is 11.0 Å². The number of rotatable bonds is 2. The molecule has 0 radical (unpaired) electrons. The second-order valence-electron chi connectivity index (χ2n) is 7.60. The zero-order chi connectivity index (χ0) is 16.7. The van der Waals surface area contributed by atoms with Crippen LogP contribution in [0.15, 0.2) is 12.1 Å². The molecule has 0 atom stereocenters. The zero-order valence-electron chi connectivity index (χ0n) is 14.2. The summed E-state index contributed by atoms with van der Waals surface area (Å²) in [5, 5.41) is 0. The van der Waals surface area contributed by atoms with Crippen LogP contribution in [0.5, 0.6) is 5.75 Å². The Bertz CT molecular complexity index is 621. The lowest BCUT2D eigenvalue weighted by molar-refractivity contribution is -0.153. The molecule has 22 heavy (non-hydrogen) atoms. The summed E-state index contributed by atoms with van der Waals surface area (Å²) in [4.78, 5) is 23.9. The Balaban J connectivity index is 2.41. The van der Waals surface area contributed by atoms with Crippen LogP contribution >= 0.6 is 0 Å². The van der Waals surface area contributed by atoms with Crippen LogP contribution in [0.3, 0.4) is 0 Å². The van der Waals surface area contributed by atoms with Gasteiger partial charge in [0.2, 0.25) is 0 Å². The molecule has 0 fully saturated rings. The number of fused-ring (bicyclic) bond motifs is 1. The first kappa shape index (κ1) is 16.5. The normalized spacial score (nSPS) is 16.7. The van der Waals surface area contributed by atoms with Gasteiger partial charge in [-0.15, -0.1) is 0 Å². The van der Waals surface area contributed by atoms with E-state index in [-0.39, 0.29) is 23.8 Å². The van der Waals surface area contributed by atoms with Crippen LogP contribution in [-0.4, -0.2) is 17.5 Å². The van der Waals surface area contributed by atoms with Crippen molar-refractivity contribution in [2.24, 2.45) is 0 Å². The Kier molecular flexibility index (Phi) is 4.07. The fourth-order valence-corrected chi connectivity index (χ4v) is 2.95. The van der Waals surface area contributed by atoms with Crippen molar-refractivity contribution in [2.75, 3.05) is 0 Å². The van der Waals surface area contributed by atoms with Gasteiger partial charge in [0.25, 0.3) is 0 Å². The summed E-state index contributed by atoms with van der Waals surface area (Å²) < 4.78 is 10.8. The number of carbonyl (C=O) groups is 2. The lowest BCUT2D eigenvalue weighted by Gasteiger charge is -2.33. The smallest absolute Gasteiger partial charge is 0.312 e. The zero-order valence-corrected chi connectivity index (χ0v) is 14.2. The van der Waals surface area contributed by atoms with Gasteiger partial charge < -0.3 is 9.47 Å². The van der Waals surface area contributed by atoms with Crippen molar-refractivity contribution < 1.29 is 19.1 Å². The second kappa shape index (κ2) is 5.41. The summed E-state index contributed by atoms with van der Waals surface area (Å²) in [7, 11) is 0. The van der Waals surface area contributed by atoms with Crippen LogP contribution in [-0.2, 0) is 26.2 Å². The molecule has 1 heterocycles. The second-order valence-corrected chi connectivity index (χ2v) is 7.60. The summed E-state index contributed by atoms with van der Waals surface area (Å²) in [6.45, 7) is 11.5. The number of esters is 2. The van der Waals surface area contributed by atoms with Crippen molar-refractivity contribution in [1.82, 2.24) is 0 Å². The van der Waals surface area contributed by atoms with E-state index in [1.165, 1.54) is 0 Å². The highest BCUT2D eigenvalue weighted by atomic mass is 16.6. The van der Waals surface area contributed by atoms with Crippen molar-refractivity contribution in [2.45, 2.75) is 65.4 Å². The van der Waals surface area contributed by atoms with Gasteiger partial charge in [-0.05, 0) is 44.9 Å². The van der Waals surface area contributed by atoms with Crippen LogP contribution in [0.25, 0.3) is 0 Å². The molecule has 0 unspecified atom stereocenters. The number of aryl methyl sites for hydroxylation is 1. The van der Waals surface area contributed by atoms with Crippen molar-refractivity contribution in [3.8, 4) is 5.75 Å². The van der Waals surface area contributed by atoms with E-state index in [1.54, 1.807) is 0 Å². The monoisotopic (exact) mass is 304 g/mol. The minimum atomic E-state index is -0.511. The third-order valence-corrected chi connectivity index (χ3v) is 3.57. The molecule has 0 bridgehead atoms. The maximum atomic E-state index is 12.2. The predicted octanol–water partition coefficient (Wildman–Crippen LogP) is 3.47. The molecule has 2 rings (SSSR count). The number of hydrogen-bond donors (Lipinski definition) is 0. The predicted molar refractivity (Wildman–Crippen MR) is 84.0 cm³/mol. The van der Waals surface area contributed by atoms with E-state index in [1.807, 2.05) is 53.7 Å².